The lowest BCUT2D eigenvalue weighted by atomic mass is 10.2. The minimum Gasteiger partial charge on any atom is -0.490 e. The van der Waals surface area contributed by atoms with E-state index in [-0.39, 0.29) is 18.3 Å². The monoisotopic (exact) mass is 355 g/mol. The number of aromatic nitrogens is 3. The maximum Gasteiger partial charge on any atom is 0.237 e. The number of carbonyl (C=O) groups is 1. The highest BCUT2D eigenvalue weighted by Crippen LogP contribution is 2.31. The number of thioether (sulfide) groups is 1. The Kier molecular flexibility index (Phi) is 5.86. The van der Waals surface area contributed by atoms with E-state index in [0.29, 0.717) is 36.4 Å². The van der Waals surface area contributed by atoms with Gasteiger partial charge in [-0.3, -0.25) is 4.79 Å². The van der Waals surface area contributed by atoms with Crippen LogP contribution >= 0.6 is 24.2 Å². The third kappa shape index (κ3) is 3.60. The number of halogens is 1. The van der Waals surface area contributed by atoms with Gasteiger partial charge in [-0.05, 0) is 12.1 Å². The SMILES string of the molecule is Cl.Cn1c(CN)nnc1SCC(=O)N1CCOc2ccccc21. The molecule has 2 N–H and O–H groups in total. The summed E-state index contributed by atoms with van der Waals surface area (Å²) in [5.74, 6) is 1.77. The van der Waals surface area contributed by atoms with E-state index in [1.807, 2.05) is 35.9 Å². The molecule has 0 saturated carbocycles. The summed E-state index contributed by atoms with van der Waals surface area (Å²) in [5.41, 5.74) is 6.39. The normalized spacial score (nSPS) is 13.0. The first-order valence-corrected chi connectivity index (χ1v) is 7.92. The van der Waals surface area contributed by atoms with Gasteiger partial charge in [-0.2, -0.15) is 0 Å². The average molecular weight is 356 g/mol. The molecule has 2 aromatic rings. The van der Waals surface area contributed by atoms with Crippen molar-refractivity contribution in [2.24, 2.45) is 12.8 Å². The van der Waals surface area contributed by atoms with E-state index in [1.165, 1.54) is 11.8 Å². The Morgan fingerprint density at radius 2 is 2.17 bits per heavy atom. The quantitative estimate of drug-likeness (QED) is 0.830. The zero-order chi connectivity index (χ0) is 15.5. The number of nitrogens with two attached hydrogens (primary N) is 1. The molecule has 2 heterocycles. The Balaban J connectivity index is 0.00000192. The van der Waals surface area contributed by atoms with Gasteiger partial charge in [0, 0.05) is 7.05 Å². The number of benzene rings is 1. The number of rotatable bonds is 4. The van der Waals surface area contributed by atoms with Crippen LogP contribution in [0.2, 0.25) is 0 Å². The van der Waals surface area contributed by atoms with Gasteiger partial charge in [-0.25, -0.2) is 0 Å². The van der Waals surface area contributed by atoms with Crippen LogP contribution in [0.25, 0.3) is 0 Å². The second-order valence-electron chi connectivity index (χ2n) is 4.81. The zero-order valence-corrected chi connectivity index (χ0v) is 14.3. The minimum absolute atomic E-state index is 0. The molecule has 0 bridgehead atoms. The van der Waals surface area contributed by atoms with Crippen molar-refractivity contribution in [1.82, 2.24) is 14.8 Å². The highest BCUT2D eigenvalue weighted by molar-refractivity contribution is 7.99. The molecule has 1 aliphatic rings. The molecule has 0 aliphatic carbocycles. The Morgan fingerprint density at radius 1 is 1.39 bits per heavy atom. The van der Waals surface area contributed by atoms with E-state index < -0.39 is 0 Å². The van der Waals surface area contributed by atoms with Gasteiger partial charge in [0.2, 0.25) is 5.91 Å². The smallest absolute Gasteiger partial charge is 0.237 e. The maximum absolute atomic E-state index is 12.5. The molecule has 1 aromatic heterocycles. The molecule has 0 fully saturated rings. The summed E-state index contributed by atoms with van der Waals surface area (Å²) in [4.78, 5) is 14.2. The van der Waals surface area contributed by atoms with E-state index >= 15 is 0 Å². The summed E-state index contributed by atoms with van der Waals surface area (Å²) in [6.45, 7) is 1.40. The molecule has 1 amide bonds. The van der Waals surface area contributed by atoms with Crippen molar-refractivity contribution in [1.29, 1.82) is 0 Å². The summed E-state index contributed by atoms with van der Waals surface area (Å²) in [5, 5.41) is 8.72. The van der Waals surface area contributed by atoms with Gasteiger partial charge < -0.3 is 19.9 Å². The standard InChI is InChI=1S/C14H17N5O2S.ClH/c1-18-12(8-15)16-17-14(18)22-9-13(20)19-6-7-21-11-5-3-2-4-10(11)19;/h2-5H,6-9,15H2,1H3;1H. The molecule has 23 heavy (non-hydrogen) atoms. The first-order chi connectivity index (χ1) is 10.7. The van der Waals surface area contributed by atoms with Crippen molar-refractivity contribution in [3.63, 3.8) is 0 Å². The van der Waals surface area contributed by atoms with Crippen molar-refractivity contribution < 1.29 is 9.53 Å². The summed E-state index contributed by atoms with van der Waals surface area (Å²) < 4.78 is 7.37. The van der Waals surface area contributed by atoms with Crippen LogP contribution in [0.5, 0.6) is 5.75 Å². The molecule has 0 saturated heterocycles. The number of fused-ring (bicyclic) bond motifs is 1. The van der Waals surface area contributed by atoms with Gasteiger partial charge in [0.15, 0.2) is 5.16 Å². The molecule has 0 atom stereocenters. The third-order valence-corrected chi connectivity index (χ3v) is 4.47. The maximum atomic E-state index is 12.5. The lowest BCUT2D eigenvalue weighted by Gasteiger charge is -2.29. The van der Waals surface area contributed by atoms with E-state index in [0.717, 1.165) is 11.4 Å². The van der Waals surface area contributed by atoms with Gasteiger partial charge in [0.1, 0.15) is 18.2 Å². The minimum atomic E-state index is 0. The van der Waals surface area contributed by atoms with Gasteiger partial charge >= 0.3 is 0 Å². The molecule has 1 aromatic carbocycles. The van der Waals surface area contributed by atoms with Crippen molar-refractivity contribution >= 4 is 35.8 Å². The molecule has 0 spiro atoms. The predicted octanol–water partition coefficient (Wildman–Crippen LogP) is 1.21. The van der Waals surface area contributed by atoms with E-state index in [1.54, 1.807) is 4.90 Å². The fourth-order valence-corrected chi connectivity index (χ4v) is 3.09. The fraction of sp³-hybridized carbons (Fsp3) is 0.357. The number of carbonyl (C=O) groups excluding carboxylic acids is 1. The molecule has 7 nitrogen and oxygen atoms in total. The van der Waals surface area contributed by atoms with Crippen molar-refractivity contribution in [2.75, 3.05) is 23.8 Å². The number of hydrogen-bond donors (Lipinski definition) is 1. The van der Waals surface area contributed by atoms with Crippen LogP contribution in [0.15, 0.2) is 29.4 Å². The topological polar surface area (TPSA) is 86.3 Å². The number of ether oxygens (including phenoxy) is 1. The third-order valence-electron chi connectivity index (χ3n) is 3.46. The predicted molar refractivity (Wildman–Crippen MR) is 91.2 cm³/mol. The number of amides is 1. The van der Waals surface area contributed by atoms with Crippen LogP contribution in [0.3, 0.4) is 0 Å². The first-order valence-electron chi connectivity index (χ1n) is 6.94. The Hall–Kier alpha value is -1.77. The van der Waals surface area contributed by atoms with Gasteiger partial charge in [0.25, 0.3) is 0 Å². The number of anilines is 1. The first kappa shape index (κ1) is 17.6. The zero-order valence-electron chi connectivity index (χ0n) is 12.6. The highest BCUT2D eigenvalue weighted by atomic mass is 35.5. The molecule has 9 heteroatoms. The second kappa shape index (κ2) is 7.67. The van der Waals surface area contributed by atoms with Gasteiger partial charge in [-0.15, -0.1) is 22.6 Å². The van der Waals surface area contributed by atoms with Crippen LogP contribution in [0.4, 0.5) is 5.69 Å². The van der Waals surface area contributed by atoms with Crippen molar-refractivity contribution in [3.8, 4) is 5.75 Å². The molecule has 1 aliphatic heterocycles. The van der Waals surface area contributed by atoms with Crippen molar-refractivity contribution in [2.45, 2.75) is 11.7 Å². The Labute approximate surface area is 144 Å². The van der Waals surface area contributed by atoms with Crippen LogP contribution in [-0.4, -0.2) is 39.6 Å². The summed E-state index contributed by atoms with van der Waals surface area (Å²) in [6, 6.07) is 7.57. The number of nitrogens with zero attached hydrogens (tertiary/aromatic N) is 4. The number of hydrogen-bond acceptors (Lipinski definition) is 6. The van der Waals surface area contributed by atoms with Crippen LogP contribution in [-0.2, 0) is 18.4 Å². The van der Waals surface area contributed by atoms with E-state index in [2.05, 4.69) is 10.2 Å². The van der Waals surface area contributed by atoms with E-state index in [4.69, 9.17) is 10.5 Å². The van der Waals surface area contributed by atoms with Crippen LogP contribution in [0, 0.1) is 0 Å². The Morgan fingerprint density at radius 3 is 2.91 bits per heavy atom. The fourth-order valence-electron chi connectivity index (χ4n) is 2.28. The van der Waals surface area contributed by atoms with Crippen LogP contribution in [0.1, 0.15) is 5.82 Å². The van der Waals surface area contributed by atoms with Gasteiger partial charge in [-0.1, -0.05) is 23.9 Å². The highest BCUT2D eigenvalue weighted by Gasteiger charge is 2.23. The molecule has 0 radical (unpaired) electrons. The lowest BCUT2D eigenvalue weighted by Crippen LogP contribution is -2.39. The summed E-state index contributed by atoms with van der Waals surface area (Å²) in [6.07, 6.45) is 0. The molecule has 124 valence electrons. The largest absolute Gasteiger partial charge is 0.490 e. The molecule has 0 unspecified atom stereocenters. The van der Waals surface area contributed by atoms with Crippen LogP contribution < -0.4 is 15.4 Å². The summed E-state index contributed by atoms with van der Waals surface area (Å²) in [7, 11) is 1.85. The Bertz CT molecular complexity index is 694. The summed E-state index contributed by atoms with van der Waals surface area (Å²) >= 11 is 1.36. The van der Waals surface area contributed by atoms with E-state index in [9.17, 15) is 4.79 Å². The average Bonchev–Trinajstić information content (AvgIpc) is 2.92. The molecular formula is C14H18ClN5O2S. The molecule has 3 rings (SSSR count). The lowest BCUT2D eigenvalue weighted by molar-refractivity contribution is -0.116. The number of para-hydroxylation sites is 2. The molecular weight excluding hydrogens is 338 g/mol. The second-order valence-corrected chi connectivity index (χ2v) is 5.75. The van der Waals surface area contributed by atoms with Gasteiger partial charge in [0.05, 0.1) is 24.5 Å². The van der Waals surface area contributed by atoms with Crippen molar-refractivity contribution in [3.05, 3.63) is 30.1 Å².